The molecule has 0 amide bonds. The molecule has 2 aliphatic rings. The van der Waals surface area contributed by atoms with E-state index in [4.69, 9.17) is 4.74 Å². The molecule has 112 valence electrons. The summed E-state index contributed by atoms with van der Waals surface area (Å²) in [5, 5.41) is 13.6. The standard InChI is InChI=1S/C15H30N2O2/c1-13(2)16-10-15(6-9-19-12-15)11-17-7-4-14(3,18)5-8-17/h13,16,18H,4-12H2,1-3H3. The quantitative estimate of drug-likeness (QED) is 0.789. The van der Waals surface area contributed by atoms with Crippen LogP contribution >= 0.6 is 0 Å². The van der Waals surface area contributed by atoms with Crippen LogP contribution in [0.1, 0.15) is 40.0 Å². The summed E-state index contributed by atoms with van der Waals surface area (Å²) in [5.41, 5.74) is -0.181. The highest BCUT2D eigenvalue weighted by Crippen LogP contribution is 2.31. The maximum absolute atomic E-state index is 10.0. The van der Waals surface area contributed by atoms with Gasteiger partial charge in [0, 0.05) is 44.2 Å². The second-order valence-electron chi connectivity index (χ2n) is 7.11. The smallest absolute Gasteiger partial charge is 0.0644 e. The summed E-state index contributed by atoms with van der Waals surface area (Å²) in [7, 11) is 0. The molecule has 2 fully saturated rings. The molecule has 1 unspecified atom stereocenters. The van der Waals surface area contributed by atoms with E-state index in [9.17, 15) is 5.11 Å². The highest BCUT2D eigenvalue weighted by Gasteiger charge is 2.38. The number of ether oxygens (including phenoxy) is 1. The van der Waals surface area contributed by atoms with Gasteiger partial charge in [0.2, 0.25) is 0 Å². The van der Waals surface area contributed by atoms with Crippen molar-refractivity contribution in [3.63, 3.8) is 0 Å². The van der Waals surface area contributed by atoms with Crippen molar-refractivity contribution in [3.05, 3.63) is 0 Å². The molecule has 2 aliphatic heterocycles. The summed E-state index contributed by atoms with van der Waals surface area (Å²) in [6.45, 7) is 12.3. The predicted octanol–water partition coefficient (Wildman–Crippen LogP) is 1.24. The molecule has 0 aromatic heterocycles. The van der Waals surface area contributed by atoms with Crippen LogP contribution in [0, 0.1) is 5.41 Å². The molecule has 1 atom stereocenters. The van der Waals surface area contributed by atoms with Crippen molar-refractivity contribution in [3.8, 4) is 0 Å². The Morgan fingerprint density at radius 1 is 1.26 bits per heavy atom. The van der Waals surface area contributed by atoms with Gasteiger partial charge in [0.05, 0.1) is 12.2 Å². The average molecular weight is 270 g/mol. The third kappa shape index (κ3) is 4.42. The zero-order chi connectivity index (χ0) is 13.9. The molecule has 0 aliphatic carbocycles. The zero-order valence-corrected chi connectivity index (χ0v) is 12.7. The summed E-state index contributed by atoms with van der Waals surface area (Å²) in [4.78, 5) is 2.51. The van der Waals surface area contributed by atoms with Crippen molar-refractivity contribution in [2.45, 2.75) is 51.7 Å². The van der Waals surface area contributed by atoms with E-state index in [0.29, 0.717) is 6.04 Å². The van der Waals surface area contributed by atoms with Crippen LogP contribution in [0.3, 0.4) is 0 Å². The molecule has 2 saturated heterocycles. The van der Waals surface area contributed by atoms with Crippen LogP contribution in [0.15, 0.2) is 0 Å². The van der Waals surface area contributed by atoms with Gasteiger partial charge in [-0.05, 0) is 26.2 Å². The monoisotopic (exact) mass is 270 g/mol. The van der Waals surface area contributed by atoms with E-state index in [1.165, 1.54) is 0 Å². The third-order valence-electron chi connectivity index (χ3n) is 4.56. The van der Waals surface area contributed by atoms with E-state index in [2.05, 4.69) is 24.1 Å². The Bertz CT molecular complexity index is 276. The minimum absolute atomic E-state index is 0.271. The Kier molecular flexibility index (Phi) is 4.88. The fourth-order valence-electron chi connectivity index (χ4n) is 3.06. The Labute approximate surface area is 117 Å². The summed E-state index contributed by atoms with van der Waals surface area (Å²) in [5.74, 6) is 0. The first-order chi connectivity index (χ1) is 8.91. The molecular formula is C15H30N2O2. The van der Waals surface area contributed by atoms with Gasteiger partial charge in [0.1, 0.15) is 0 Å². The summed E-state index contributed by atoms with van der Waals surface area (Å²) in [6.07, 6.45) is 2.93. The van der Waals surface area contributed by atoms with Gasteiger partial charge in [-0.25, -0.2) is 0 Å². The van der Waals surface area contributed by atoms with Gasteiger partial charge in [-0.2, -0.15) is 0 Å². The van der Waals surface area contributed by atoms with Crippen molar-refractivity contribution in [1.29, 1.82) is 0 Å². The molecule has 2 heterocycles. The molecular weight excluding hydrogens is 240 g/mol. The molecule has 0 spiro atoms. The Morgan fingerprint density at radius 2 is 1.95 bits per heavy atom. The number of nitrogens with zero attached hydrogens (tertiary/aromatic N) is 1. The van der Waals surface area contributed by atoms with E-state index < -0.39 is 5.60 Å². The van der Waals surface area contributed by atoms with Gasteiger partial charge in [-0.3, -0.25) is 0 Å². The lowest BCUT2D eigenvalue weighted by atomic mass is 9.84. The van der Waals surface area contributed by atoms with Crippen LogP contribution in [0.25, 0.3) is 0 Å². The van der Waals surface area contributed by atoms with Crippen LogP contribution < -0.4 is 5.32 Å². The Morgan fingerprint density at radius 3 is 2.47 bits per heavy atom. The van der Waals surface area contributed by atoms with E-state index >= 15 is 0 Å². The van der Waals surface area contributed by atoms with E-state index in [1.807, 2.05) is 6.92 Å². The lowest BCUT2D eigenvalue weighted by molar-refractivity contribution is -0.0170. The van der Waals surface area contributed by atoms with Gasteiger partial charge in [-0.15, -0.1) is 0 Å². The van der Waals surface area contributed by atoms with Crippen LogP contribution in [-0.4, -0.2) is 61.0 Å². The van der Waals surface area contributed by atoms with E-state index in [-0.39, 0.29) is 5.41 Å². The van der Waals surface area contributed by atoms with Crippen molar-refractivity contribution in [1.82, 2.24) is 10.2 Å². The van der Waals surface area contributed by atoms with Crippen LogP contribution in [0.2, 0.25) is 0 Å². The Hall–Kier alpha value is -0.160. The number of hydrogen-bond acceptors (Lipinski definition) is 4. The van der Waals surface area contributed by atoms with Gasteiger partial charge in [0.25, 0.3) is 0 Å². The molecule has 0 aromatic rings. The summed E-state index contributed by atoms with van der Waals surface area (Å²) < 4.78 is 5.66. The highest BCUT2D eigenvalue weighted by molar-refractivity contribution is 4.91. The number of hydrogen-bond donors (Lipinski definition) is 2. The molecule has 2 rings (SSSR count). The highest BCUT2D eigenvalue weighted by atomic mass is 16.5. The topological polar surface area (TPSA) is 44.7 Å². The molecule has 4 heteroatoms. The molecule has 2 N–H and O–H groups in total. The second-order valence-corrected chi connectivity index (χ2v) is 7.11. The van der Waals surface area contributed by atoms with Crippen LogP contribution in [-0.2, 0) is 4.74 Å². The third-order valence-corrected chi connectivity index (χ3v) is 4.56. The second kappa shape index (κ2) is 6.08. The molecule has 4 nitrogen and oxygen atoms in total. The van der Waals surface area contributed by atoms with Crippen LogP contribution in [0.4, 0.5) is 0 Å². The van der Waals surface area contributed by atoms with Gasteiger partial charge in [-0.1, -0.05) is 13.8 Å². The predicted molar refractivity (Wildman–Crippen MR) is 77.3 cm³/mol. The first-order valence-corrected chi connectivity index (χ1v) is 7.67. The Balaban J connectivity index is 1.87. The van der Waals surface area contributed by atoms with Gasteiger partial charge < -0.3 is 20.1 Å². The molecule has 0 aromatic carbocycles. The molecule has 0 radical (unpaired) electrons. The molecule has 0 bridgehead atoms. The number of nitrogens with one attached hydrogen (secondary N) is 1. The summed E-state index contributed by atoms with van der Waals surface area (Å²) >= 11 is 0. The summed E-state index contributed by atoms with van der Waals surface area (Å²) in [6, 6.07) is 0.527. The normalized spacial score (nSPS) is 32.1. The zero-order valence-electron chi connectivity index (χ0n) is 12.7. The van der Waals surface area contributed by atoms with Crippen molar-refractivity contribution < 1.29 is 9.84 Å². The number of rotatable bonds is 5. The average Bonchev–Trinajstić information content (AvgIpc) is 2.79. The van der Waals surface area contributed by atoms with Crippen molar-refractivity contribution >= 4 is 0 Å². The number of piperidine rings is 1. The first-order valence-electron chi connectivity index (χ1n) is 7.67. The minimum Gasteiger partial charge on any atom is -0.390 e. The maximum Gasteiger partial charge on any atom is 0.0644 e. The number of likely N-dealkylation sites (tertiary alicyclic amines) is 1. The molecule has 0 saturated carbocycles. The molecule has 19 heavy (non-hydrogen) atoms. The van der Waals surface area contributed by atoms with E-state index in [1.54, 1.807) is 0 Å². The van der Waals surface area contributed by atoms with Gasteiger partial charge in [0.15, 0.2) is 0 Å². The minimum atomic E-state index is -0.452. The fourth-order valence-corrected chi connectivity index (χ4v) is 3.06. The maximum atomic E-state index is 10.0. The number of aliphatic hydroxyl groups is 1. The largest absolute Gasteiger partial charge is 0.390 e. The lowest BCUT2D eigenvalue weighted by Crippen LogP contribution is -2.50. The van der Waals surface area contributed by atoms with Crippen LogP contribution in [0.5, 0.6) is 0 Å². The van der Waals surface area contributed by atoms with E-state index in [0.717, 1.165) is 58.7 Å². The SMILES string of the molecule is CC(C)NCC1(CN2CCC(C)(O)CC2)CCOC1. The van der Waals surface area contributed by atoms with Gasteiger partial charge >= 0.3 is 0 Å². The lowest BCUT2D eigenvalue weighted by Gasteiger charge is -2.40. The van der Waals surface area contributed by atoms with Crippen molar-refractivity contribution in [2.24, 2.45) is 5.41 Å². The first kappa shape index (κ1) is 15.2. The van der Waals surface area contributed by atoms with Crippen molar-refractivity contribution in [2.75, 3.05) is 39.4 Å². The fraction of sp³-hybridized carbons (Fsp3) is 1.00.